The Morgan fingerprint density at radius 3 is 2.92 bits per heavy atom. The van der Waals surface area contributed by atoms with Crippen molar-refractivity contribution in [2.24, 2.45) is 5.16 Å². The average molecular weight is 330 g/mol. The number of nitrogens with zero attached hydrogens (tertiary/aromatic N) is 3. The molecule has 7 heteroatoms. The van der Waals surface area contributed by atoms with Crippen molar-refractivity contribution in [2.75, 3.05) is 5.32 Å². The molecule has 0 aliphatic carbocycles. The molecule has 1 N–H and O–H groups in total. The number of hydrogen-bond donors (Lipinski definition) is 1. The fraction of sp³-hybridized carbons (Fsp3) is 0.353. The highest BCUT2D eigenvalue weighted by molar-refractivity contribution is 6.06. The van der Waals surface area contributed by atoms with Crippen LogP contribution in [0.1, 0.15) is 30.2 Å². The molecular weight excluding hydrogens is 311 g/mol. The number of aryl methyl sites for hydroxylation is 3. The van der Waals surface area contributed by atoms with Gasteiger partial charge in [0.1, 0.15) is 5.82 Å². The maximum atomic E-state index is 13.1. The van der Waals surface area contributed by atoms with E-state index in [1.807, 2.05) is 24.7 Å². The number of anilines is 1. The van der Waals surface area contributed by atoms with E-state index in [0.717, 1.165) is 17.8 Å². The van der Waals surface area contributed by atoms with Crippen LogP contribution in [-0.4, -0.2) is 27.5 Å². The van der Waals surface area contributed by atoms with Gasteiger partial charge in [-0.1, -0.05) is 5.16 Å². The van der Waals surface area contributed by atoms with E-state index in [-0.39, 0.29) is 11.7 Å². The second-order valence-corrected chi connectivity index (χ2v) is 5.77. The molecule has 0 saturated heterocycles. The summed E-state index contributed by atoms with van der Waals surface area (Å²) in [5.41, 5.74) is 3.68. The van der Waals surface area contributed by atoms with Crippen LogP contribution in [0.15, 0.2) is 29.6 Å². The van der Waals surface area contributed by atoms with Crippen molar-refractivity contribution in [3.8, 4) is 0 Å². The molecule has 126 valence electrons. The van der Waals surface area contributed by atoms with Crippen molar-refractivity contribution < 1.29 is 14.0 Å². The number of aromatic nitrogens is 2. The zero-order chi connectivity index (χ0) is 17.3. The van der Waals surface area contributed by atoms with E-state index in [9.17, 15) is 9.18 Å². The van der Waals surface area contributed by atoms with Crippen molar-refractivity contribution in [1.82, 2.24) is 9.78 Å². The third kappa shape index (κ3) is 3.15. The van der Waals surface area contributed by atoms with Crippen molar-refractivity contribution in [3.63, 3.8) is 0 Å². The van der Waals surface area contributed by atoms with E-state index in [4.69, 9.17) is 4.84 Å². The molecule has 2 heterocycles. The molecule has 0 unspecified atom stereocenters. The van der Waals surface area contributed by atoms with Crippen LogP contribution in [0.2, 0.25) is 0 Å². The van der Waals surface area contributed by atoms with E-state index in [1.54, 1.807) is 6.92 Å². The number of carbonyl (C=O) groups excluding carboxylic acids is 1. The molecular formula is C17H19FN4O2. The van der Waals surface area contributed by atoms with E-state index in [1.165, 1.54) is 18.2 Å². The van der Waals surface area contributed by atoms with E-state index in [2.05, 4.69) is 15.6 Å². The number of carbonyl (C=O) groups is 1. The summed E-state index contributed by atoms with van der Waals surface area (Å²) in [4.78, 5) is 17.6. The lowest BCUT2D eigenvalue weighted by atomic mass is 10.1. The zero-order valence-corrected chi connectivity index (χ0v) is 13.8. The maximum absolute atomic E-state index is 13.1. The van der Waals surface area contributed by atoms with Crippen LogP contribution in [0, 0.1) is 19.7 Å². The third-order valence-electron chi connectivity index (χ3n) is 3.99. The smallest absolute Gasteiger partial charge is 0.268 e. The van der Waals surface area contributed by atoms with Crippen molar-refractivity contribution in [1.29, 1.82) is 0 Å². The van der Waals surface area contributed by atoms with Gasteiger partial charge in [-0.25, -0.2) is 4.39 Å². The highest BCUT2D eigenvalue weighted by Crippen LogP contribution is 2.21. The molecule has 24 heavy (non-hydrogen) atoms. The Balaban J connectivity index is 1.67. The second kappa shape index (κ2) is 6.43. The minimum Gasteiger partial charge on any atom is -0.382 e. The van der Waals surface area contributed by atoms with Crippen LogP contribution < -0.4 is 5.32 Å². The van der Waals surface area contributed by atoms with Crippen molar-refractivity contribution in [2.45, 2.75) is 39.8 Å². The first-order valence-corrected chi connectivity index (χ1v) is 7.82. The molecule has 1 aliphatic rings. The fourth-order valence-electron chi connectivity index (χ4n) is 2.62. The van der Waals surface area contributed by atoms with Gasteiger partial charge in [0.15, 0.2) is 0 Å². The summed E-state index contributed by atoms with van der Waals surface area (Å²) >= 11 is 0. The minimum atomic E-state index is -0.700. The number of oxime groups is 1. The third-order valence-corrected chi connectivity index (χ3v) is 3.99. The summed E-state index contributed by atoms with van der Waals surface area (Å²) in [6.07, 6.45) is 1.58. The summed E-state index contributed by atoms with van der Waals surface area (Å²) < 4.78 is 15.0. The number of benzene rings is 1. The molecule has 0 bridgehead atoms. The maximum Gasteiger partial charge on any atom is 0.268 e. The summed E-state index contributed by atoms with van der Waals surface area (Å²) in [6.45, 7) is 6.41. The molecule has 1 aromatic heterocycles. The molecule has 0 radical (unpaired) electrons. The van der Waals surface area contributed by atoms with Gasteiger partial charge in [-0.05, 0) is 44.5 Å². The van der Waals surface area contributed by atoms with Crippen LogP contribution in [-0.2, 0) is 16.2 Å². The summed E-state index contributed by atoms with van der Waals surface area (Å²) in [5, 5.41) is 11.2. The number of nitrogens with one attached hydrogen (secondary N) is 1. The standard InChI is InChI=1S/C17H19FN4O2/c1-4-22-9-13(11(3)20-22)15-8-16(24-21-15)17(23)19-14-6-5-12(18)7-10(14)2/h5-7,9,16H,4,8H2,1-3H3,(H,19,23)/t16-/m0/s1. The van der Waals surface area contributed by atoms with Gasteiger partial charge in [0.25, 0.3) is 5.91 Å². The Morgan fingerprint density at radius 1 is 1.46 bits per heavy atom. The van der Waals surface area contributed by atoms with Crippen LogP contribution in [0.3, 0.4) is 0 Å². The molecule has 1 atom stereocenters. The van der Waals surface area contributed by atoms with Gasteiger partial charge >= 0.3 is 0 Å². The Bertz CT molecular complexity index is 813. The molecule has 6 nitrogen and oxygen atoms in total. The molecule has 1 amide bonds. The van der Waals surface area contributed by atoms with E-state index in [0.29, 0.717) is 23.4 Å². The van der Waals surface area contributed by atoms with E-state index < -0.39 is 6.10 Å². The molecule has 0 fully saturated rings. The number of halogens is 1. The van der Waals surface area contributed by atoms with Gasteiger partial charge in [-0.2, -0.15) is 5.10 Å². The van der Waals surface area contributed by atoms with Crippen LogP contribution in [0.5, 0.6) is 0 Å². The van der Waals surface area contributed by atoms with Crippen LogP contribution in [0.25, 0.3) is 0 Å². The zero-order valence-electron chi connectivity index (χ0n) is 13.8. The monoisotopic (exact) mass is 330 g/mol. The Hall–Kier alpha value is -2.70. The van der Waals surface area contributed by atoms with Gasteiger partial charge in [0.05, 0.1) is 11.4 Å². The molecule has 3 rings (SSSR count). The topological polar surface area (TPSA) is 68.5 Å². The quantitative estimate of drug-likeness (QED) is 0.937. The molecule has 0 saturated carbocycles. The minimum absolute atomic E-state index is 0.302. The Kier molecular flexibility index (Phi) is 4.33. The van der Waals surface area contributed by atoms with Crippen LogP contribution >= 0.6 is 0 Å². The lowest BCUT2D eigenvalue weighted by molar-refractivity contribution is -0.125. The first-order chi connectivity index (χ1) is 11.5. The molecule has 2 aromatic rings. The van der Waals surface area contributed by atoms with Gasteiger partial charge < -0.3 is 10.2 Å². The highest BCUT2D eigenvalue weighted by Gasteiger charge is 2.30. The van der Waals surface area contributed by atoms with Gasteiger partial charge in [-0.15, -0.1) is 0 Å². The number of rotatable bonds is 4. The summed E-state index contributed by atoms with van der Waals surface area (Å²) in [5.74, 6) is -0.638. The first-order valence-electron chi connectivity index (χ1n) is 7.82. The Labute approximate surface area is 139 Å². The largest absolute Gasteiger partial charge is 0.382 e. The fourth-order valence-corrected chi connectivity index (χ4v) is 2.62. The average Bonchev–Trinajstić information content (AvgIpc) is 3.16. The number of hydrogen-bond acceptors (Lipinski definition) is 4. The second-order valence-electron chi connectivity index (χ2n) is 5.77. The SMILES string of the molecule is CCn1cc(C2=NO[C@H](C(=O)Nc3ccc(F)cc3C)C2)c(C)n1. The lowest BCUT2D eigenvalue weighted by Gasteiger charge is -2.11. The van der Waals surface area contributed by atoms with E-state index >= 15 is 0 Å². The summed E-state index contributed by atoms with van der Waals surface area (Å²) in [6, 6.07) is 4.22. The summed E-state index contributed by atoms with van der Waals surface area (Å²) in [7, 11) is 0. The Morgan fingerprint density at radius 2 is 2.25 bits per heavy atom. The number of amides is 1. The molecule has 1 aromatic carbocycles. The van der Waals surface area contributed by atoms with Crippen LogP contribution in [0.4, 0.5) is 10.1 Å². The predicted molar refractivity (Wildman–Crippen MR) is 88.4 cm³/mol. The highest BCUT2D eigenvalue weighted by atomic mass is 19.1. The normalized spacial score (nSPS) is 16.7. The molecule has 1 aliphatic heterocycles. The first kappa shape index (κ1) is 16.2. The lowest BCUT2D eigenvalue weighted by Crippen LogP contribution is -2.28. The van der Waals surface area contributed by atoms with Gasteiger partial charge in [0, 0.05) is 30.4 Å². The predicted octanol–water partition coefficient (Wildman–Crippen LogP) is 2.79. The molecule has 0 spiro atoms. The van der Waals surface area contributed by atoms with Crippen molar-refractivity contribution >= 4 is 17.3 Å². The van der Waals surface area contributed by atoms with Gasteiger partial charge in [0.2, 0.25) is 6.10 Å². The van der Waals surface area contributed by atoms with Gasteiger partial charge in [-0.3, -0.25) is 9.48 Å². The van der Waals surface area contributed by atoms with Crippen molar-refractivity contribution in [3.05, 3.63) is 47.0 Å².